The van der Waals surface area contributed by atoms with Crippen LogP contribution in [0.5, 0.6) is 0 Å². The summed E-state index contributed by atoms with van der Waals surface area (Å²) in [4.78, 5) is 8.12. The number of allylic oxidation sites excluding steroid dienone is 1. The van der Waals surface area contributed by atoms with Crippen LogP contribution in [0.3, 0.4) is 0 Å². The summed E-state index contributed by atoms with van der Waals surface area (Å²) in [7, 11) is 0. The van der Waals surface area contributed by atoms with Crippen LogP contribution in [0.15, 0.2) is 35.8 Å². The molecule has 0 aliphatic carbocycles. The minimum atomic E-state index is 0.566. The van der Waals surface area contributed by atoms with Crippen molar-refractivity contribution in [1.82, 2.24) is 9.97 Å². The van der Waals surface area contributed by atoms with Crippen molar-refractivity contribution in [3.8, 4) is 0 Å². The van der Waals surface area contributed by atoms with Crippen LogP contribution in [-0.2, 0) is 0 Å². The van der Waals surface area contributed by atoms with E-state index in [9.17, 15) is 0 Å². The highest BCUT2D eigenvalue weighted by molar-refractivity contribution is 7.99. The van der Waals surface area contributed by atoms with Gasteiger partial charge in [-0.3, -0.25) is 0 Å². The molecule has 2 nitrogen and oxygen atoms in total. The molecule has 4 heteroatoms. The Bertz CT molecular complexity index is 238. The van der Waals surface area contributed by atoms with E-state index >= 15 is 0 Å². The van der Waals surface area contributed by atoms with Gasteiger partial charge in [0.15, 0.2) is 5.16 Å². The van der Waals surface area contributed by atoms with Crippen molar-refractivity contribution in [3.05, 3.63) is 30.6 Å². The zero-order chi connectivity index (χ0) is 8.65. The smallest absolute Gasteiger partial charge is 0.187 e. The quantitative estimate of drug-likeness (QED) is 0.323. The van der Waals surface area contributed by atoms with E-state index in [1.807, 2.05) is 12.2 Å². The molecular weight excluding hydrogens is 192 g/mol. The largest absolute Gasteiger partial charge is 0.231 e. The molecule has 0 unspecified atom stereocenters. The van der Waals surface area contributed by atoms with Crippen LogP contribution >= 0.6 is 23.4 Å². The average molecular weight is 201 g/mol. The first kappa shape index (κ1) is 9.55. The molecule has 0 amide bonds. The molecule has 64 valence electrons. The Kier molecular flexibility index (Phi) is 4.80. The molecule has 0 saturated heterocycles. The Morgan fingerprint density at radius 3 is 2.75 bits per heavy atom. The number of hydrogen-bond donors (Lipinski definition) is 0. The van der Waals surface area contributed by atoms with Gasteiger partial charge in [-0.2, -0.15) is 0 Å². The third-order valence-corrected chi connectivity index (χ3v) is 2.11. The van der Waals surface area contributed by atoms with E-state index in [0.29, 0.717) is 5.88 Å². The van der Waals surface area contributed by atoms with Gasteiger partial charge in [-0.25, -0.2) is 9.97 Å². The van der Waals surface area contributed by atoms with Gasteiger partial charge in [0.1, 0.15) is 0 Å². The van der Waals surface area contributed by atoms with Crippen molar-refractivity contribution < 1.29 is 0 Å². The fraction of sp³-hybridized carbons (Fsp3) is 0.250. The second-order valence-corrected chi connectivity index (χ2v) is 3.26. The van der Waals surface area contributed by atoms with Crippen LogP contribution in [0.25, 0.3) is 0 Å². The highest BCUT2D eigenvalue weighted by Gasteiger charge is 1.90. The van der Waals surface area contributed by atoms with Crippen LogP contribution in [0, 0.1) is 0 Å². The summed E-state index contributed by atoms with van der Waals surface area (Å²) < 4.78 is 0. The summed E-state index contributed by atoms with van der Waals surface area (Å²) in [6.45, 7) is 0. The van der Waals surface area contributed by atoms with Crippen molar-refractivity contribution >= 4 is 23.4 Å². The van der Waals surface area contributed by atoms with E-state index in [1.54, 1.807) is 30.2 Å². The molecule has 0 aliphatic rings. The molecule has 0 atom stereocenters. The van der Waals surface area contributed by atoms with Crippen molar-refractivity contribution in [2.75, 3.05) is 11.6 Å². The van der Waals surface area contributed by atoms with Gasteiger partial charge in [-0.05, 0) is 6.07 Å². The van der Waals surface area contributed by atoms with Gasteiger partial charge in [0, 0.05) is 24.0 Å². The van der Waals surface area contributed by atoms with Crippen molar-refractivity contribution in [1.29, 1.82) is 0 Å². The van der Waals surface area contributed by atoms with E-state index in [1.165, 1.54) is 0 Å². The van der Waals surface area contributed by atoms with Crippen LogP contribution in [0.4, 0.5) is 0 Å². The first-order chi connectivity index (χ1) is 5.93. The number of rotatable bonds is 4. The molecule has 0 saturated carbocycles. The Hall–Kier alpha value is -0.540. The number of hydrogen-bond acceptors (Lipinski definition) is 3. The van der Waals surface area contributed by atoms with Crippen molar-refractivity contribution in [3.63, 3.8) is 0 Å². The van der Waals surface area contributed by atoms with Gasteiger partial charge in [-0.15, -0.1) is 11.6 Å². The average Bonchev–Trinajstić information content (AvgIpc) is 2.14. The van der Waals surface area contributed by atoms with E-state index in [4.69, 9.17) is 11.6 Å². The SMILES string of the molecule is ClCC=CCSc1ncccn1. The lowest BCUT2D eigenvalue weighted by molar-refractivity contribution is 0.969. The van der Waals surface area contributed by atoms with Crippen LogP contribution in [0.2, 0.25) is 0 Å². The lowest BCUT2D eigenvalue weighted by Gasteiger charge is -1.92. The molecule has 1 aromatic heterocycles. The minimum Gasteiger partial charge on any atom is -0.231 e. The molecule has 0 aliphatic heterocycles. The predicted molar refractivity (Wildman–Crippen MR) is 52.6 cm³/mol. The summed E-state index contributed by atoms with van der Waals surface area (Å²) in [5.41, 5.74) is 0. The third-order valence-electron chi connectivity index (χ3n) is 1.11. The van der Waals surface area contributed by atoms with Gasteiger partial charge in [0.05, 0.1) is 0 Å². The van der Waals surface area contributed by atoms with Gasteiger partial charge in [-0.1, -0.05) is 23.9 Å². The maximum absolute atomic E-state index is 5.46. The van der Waals surface area contributed by atoms with Crippen molar-refractivity contribution in [2.45, 2.75) is 5.16 Å². The minimum absolute atomic E-state index is 0.566. The lowest BCUT2D eigenvalue weighted by atomic mass is 10.6. The van der Waals surface area contributed by atoms with E-state index in [-0.39, 0.29) is 0 Å². The predicted octanol–water partition coefficient (Wildman–Crippen LogP) is 2.36. The number of aromatic nitrogens is 2. The molecule has 0 N–H and O–H groups in total. The monoisotopic (exact) mass is 200 g/mol. The Labute approximate surface area is 81.1 Å². The number of thioether (sulfide) groups is 1. The maximum Gasteiger partial charge on any atom is 0.187 e. The van der Waals surface area contributed by atoms with Gasteiger partial charge in [0.25, 0.3) is 0 Å². The molecule has 1 rings (SSSR count). The van der Waals surface area contributed by atoms with Crippen LogP contribution in [-0.4, -0.2) is 21.6 Å². The second kappa shape index (κ2) is 6.03. The van der Waals surface area contributed by atoms with Crippen LogP contribution < -0.4 is 0 Å². The highest BCUT2D eigenvalue weighted by Crippen LogP contribution is 2.10. The van der Waals surface area contributed by atoms with Gasteiger partial charge in [0.2, 0.25) is 0 Å². The third kappa shape index (κ3) is 3.74. The Morgan fingerprint density at radius 1 is 1.33 bits per heavy atom. The summed E-state index contributed by atoms with van der Waals surface area (Å²) in [6, 6.07) is 1.80. The van der Waals surface area contributed by atoms with Gasteiger partial charge < -0.3 is 0 Å². The van der Waals surface area contributed by atoms with Gasteiger partial charge >= 0.3 is 0 Å². The first-order valence-electron chi connectivity index (χ1n) is 3.54. The molecular formula is C8H9ClN2S. The summed E-state index contributed by atoms with van der Waals surface area (Å²) >= 11 is 7.05. The zero-order valence-corrected chi connectivity index (χ0v) is 8.05. The zero-order valence-electron chi connectivity index (χ0n) is 6.48. The van der Waals surface area contributed by atoms with E-state index < -0.39 is 0 Å². The molecule has 0 aromatic carbocycles. The standard InChI is InChI=1S/C8H9ClN2S/c9-4-1-2-7-12-8-10-5-3-6-11-8/h1-3,5-6H,4,7H2. The molecule has 1 heterocycles. The Morgan fingerprint density at radius 2 is 2.08 bits per heavy atom. The highest BCUT2D eigenvalue weighted by atomic mass is 35.5. The van der Waals surface area contributed by atoms with Crippen LogP contribution in [0.1, 0.15) is 0 Å². The number of alkyl halides is 1. The fourth-order valence-electron chi connectivity index (χ4n) is 0.614. The molecule has 12 heavy (non-hydrogen) atoms. The van der Waals surface area contributed by atoms with Crippen molar-refractivity contribution in [2.24, 2.45) is 0 Å². The molecule has 0 spiro atoms. The maximum atomic E-state index is 5.46. The molecule has 0 fully saturated rings. The fourth-order valence-corrected chi connectivity index (χ4v) is 1.39. The topological polar surface area (TPSA) is 25.8 Å². The van der Waals surface area contributed by atoms with E-state index in [0.717, 1.165) is 10.9 Å². The Balaban J connectivity index is 2.29. The number of halogens is 1. The summed E-state index contributed by atoms with van der Waals surface area (Å²) in [5, 5.41) is 0.803. The number of nitrogens with zero attached hydrogens (tertiary/aromatic N) is 2. The molecule has 1 aromatic rings. The normalized spacial score (nSPS) is 10.8. The van der Waals surface area contributed by atoms with E-state index in [2.05, 4.69) is 9.97 Å². The summed E-state index contributed by atoms with van der Waals surface area (Å²) in [6.07, 6.45) is 7.40. The first-order valence-corrected chi connectivity index (χ1v) is 5.06. The second-order valence-electron chi connectivity index (χ2n) is 1.97. The molecule has 0 bridgehead atoms. The lowest BCUT2D eigenvalue weighted by Crippen LogP contribution is -1.83. The summed E-state index contributed by atoms with van der Waals surface area (Å²) in [5.74, 6) is 1.44. The molecule has 0 radical (unpaired) electrons.